The lowest BCUT2D eigenvalue weighted by Crippen LogP contribution is -2.00. The third-order valence-electron chi connectivity index (χ3n) is 3.90. The first-order valence-electron chi connectivity index (χ1n) is 8.38. The molecule has 1 N–H and O–H groups in total. The molecule has 0 aliphatic carbocycles. The molecule has 0 bridgehead atoms. The largest absolute Gasteiger partial charge is 0.493 e. The number of hydrogen-bond donors (Lipinski definition) is 1. The summed E-state index contributed by atoms with van der Waals surface area (Å²) < 4.78 is 11.2. The summed E-state index contributed by atoms with van der Waals surface area (Å²) in [6.45, 7) is 0.313. The van der Waals surface area contributed by atoms with Crippen molar-refractivity contribution in [1.29, 1.82) is 0 Å². The molecule has 0 heterocycles. The Morgan fingerprint density at radius 1 is 1.00 bits per heavy atom. The molecule has 136 valence electrons. The van der Waals surface area contributed by atoms with Gasteiger partial charge in [0, 0.05) is 6.21 Å². The van der Waals surface area contributed by atoms with E-state index in [4.69, 9.17) is 14.6 Å². The van der Waals surface area contributed by atoms with E-state index in [1.54, 1.807) is 37.6 Å². The quantitative estimate of drug-likeness (QED) is 0.618. The maximum absolute atomic E-state index is 10.9. The van der Waals surface area contributed by atoms with Crippen LogP contribution in [-0.4, -0.2) is 24.4 Å². The summed E-state index contributed by atoms with van der Waals surface area (Å²) in [7, 11) is 1.59. The van der Waals surface area contributed by atoms with Gasteiger partial charge in [0.1, 0.15) is 6.61 Å². The van der Waals surface area contributed by atoms with Crippen molar-refractivity contribution >= 4 is 17.9 Å². The molecule has 0 atom stereocenters. The molecule has 0 aromatic heterocycles. The molecular weight excluding hydrogens is 342 g/mol. The predicted molar refractivity (Wildman–Crippen MR) is 104 cm³/mol. The number of hydrogen-bond acceptors (Lipinski definition) is 4. The van der Waals surface area contributed by atoms with Crippen LogP contribution in [0.1, 0.15) is 21.5 Å². The Morgan fingerprint density at radius 2 is 1.74 bits per heavy atom. The van der Waals surface area contributed by atoms with Crippen molar-refractivity contribution in [3.63, 3.8) is 0 Å². The van der Waals surface area contributed by atoms with Gasteiger partial charge >= 0.3 is 5.97 Å². The summed E-state index contributed by atoms with van der Waals surface area (Å²) in [6, 6.07) is 21.9. The van der Waals surface area contributed by atoms with Gasteiger partial charge in [-0.3, -0.25) is 4.99 Å². The molecule has 0 aliphatic heterocycles. The van der Waals surface area contributed by atoms with Crippen molar-refractivity contribution in [3.8, 4) is 11.5 Å². The molecule has 0 aliphatic rings. The van der Waals surface area contributed by atoms with E-state index in [0.717, 1.165) is 16.8 Å². The number of para-hydroxylation sites is 1. The molecule has 0 amide bonds. The fraction of sp³-hybridized carbons (Fsp3) is 0.0909. The van der Waals surface area contributed by atoms with Gasteiger partial charge in [-0.15, -0.1) is 0 Å². The first kappa shape index (κ1) is 18.2. The summed E-state index contributed by atoms with van der Waals surface area (Å²) in [5.74, 6) is 0.266. The second-order valence-corrected chi connectivity index (χ2v) is 5.79. The van der Waals surface area contributed by atoms with Crippen molar-refractivity contribution in [2.75, 3.05) is 7.11 Å². The summed E-state index contributed by atoms with van der Waals surface area (Å²) in [5.41, 5.74) is 2.89. The van der Waals surface area contributed by atoms with Crippen LogP contribution in [0, 0.1) is 0 Å². The van der Waals surface area contributed by atoms with E-state index in [2.05, 4.69) is 4.99 Å². The van der Waals surface area contributed by atoms with Crippen molar-refractivity contribution in [2.24, 2.45) is 4.99 Å². The van der Waals surface area contributed by atoms with E-state index >= 15 is 0 Å². The predicted octanol–water partition coefficient (Wildman–Crippen LogP) is 4.72. The number of nitrogens with zero attached hydrogens (tertiary/aromatic N) is 1. The third kappa shape index (κ3) is 4.95. The molecular formula is C22H19NO4. The van der Waals surface area contributed by atoms with Crippen molar-refractivity contribution in [3.05, 3.63) is 89.5 Å². The van der Waals surface area contributed by atoms with E-state index in [0.29, 0.717) is 18.1 Å². The summed E-state index contributed by atoms with van der Waals surface area (Å²) >= 11 is 0. The SMILES string of the molecule is COc1cc(C=Nc2ccccc2)ccc1OCc1ccc(C(=O)O)cc1. The molecule has 27 heavy (non-hydrogen) atoms. The minimum absolute atomic E-state index is 0.249. The number of rotatable bonds is 7. The summed E-state index contributed by atoms with van der Waals surface area (Å²) in [6.07, 6.45) is 1.77. The minimum atomic E-state index is -0.947. The zero-order chi connectivity index (χ0) is 19.1. The molecule has 3 aromatic carbocycles. The highest BCUT2D eigenvalue weighted by Crippen LogP contribution is 2.28. The average Bonchev–Trinajstić information content (AvgIpc) is 2.72. The van der Waals surface area contributed by atoms with Crippen LogP contribution in [0.25, 0.3) is 0 Å². The molecule has 5 heteroatoms. The van der Waals surface area contributed by atoms with E-state index in [9.17, 15) is 4.79 Å². The Balaban J connectivity index is 1.69. The fourth-order valence-corrected chi connectivity index (χ4v) is 2.45. The number of benzene rings is 3. The maximum atomic E-state index is 10.9. The smallest absolute Gasteiger partial charge is 0.335 e. The van der Waals surface area contributed by atoms with E-state index in [1.165, 1.54) is 0 Å². The van der Waals surface area contributed by atoms with Crippen LogP contribution in [-0.2, 0) is 6.61 Å². The second-order valence-electron chi connectivity index (χ2n) is 5.79. The van der Waals surface area contributed by atoms with Crippen LogP contribution in [0.5, 0.6) is 11.5 Å². The average molecular weight is 361 g/mol. The van der Waals surface area contributed by atoms with Crippen LogP contribution in [0.3, 0.4) is 0 Å². The van der Waals surface area contributed by atoms with E-state index in [-0.39, 0.29) is 5.56 Å². The number of aromatic carboxylic acids is 1. The van der Waals surface area contributed by atoms with Crippen molar-refractivity contribution < 1.29 is 19.4 Å². The number of carboxylic acid groups (broad SMARTS) is 1. The van der Waals surface area contributed by atoms with Gasteiger partial charge in [-0.1, -0.05) is 30.3 Å². The van der Waals surface area contributed by atoms with Crippen molar-refractivity contribution in [2.45, 2.75) is 6.61 Å². The molecule has 3 rings (SSSR count). The molecule has 0 radical (unpaired) electrons. The van der Waals surface area contributed by atoms with Gasteiger partial charge in [-0.05, 0) is 53.6 Å². The molecule has 0 spiro atoms. The van der Waals surface area contributed by atoms with Crippen LogP contribution >= 0.6 is 0 Å². The lowest BCUT2D eigenvalue weighted by Gasteiger charge is -2.11. The number of carbonyl (C=O) groups is 1. The fourth-order valence-electron chi connectivity index (χ4n) is 2.45. The van der Waals surface area contributed by atoms with Crippen LogP contribution in [0.15, 0.2) is 77.8 Å². The van der Waals surface area contributed by atoms with Crippen LogP contribution < -0.4 is 9.47 Å². The first-order chi connectivity index (χ1) is 13.2. The normalized spacial score (nSPS) is 10.7. The summed E-state index contributed by atoms with van der Waals surface area (Å²) in [5, 5.41) is 8.94. The van der Waals surface area contributed by atoms with E-state index in [1.807, 2.05) is 48.5 Å². The molecule has 0 saturated heterocycles. The zero-order valence-electron chi connectivity index (χ0n) is 14.8. The first-order valence-corrected chi connectivity index (χ1v) is 8.38. The van der Waals surface area contributed by atoms with Crippen LogP contribution in [0.4, 0.5) is 5.69 Å². The second kappa shape index (κ2) is 8.67. The number of carboxylic acids is 1. The Labute approximate surface area is 157 Å². The topological polar surface area (TPSA) is 68.1 Å². The van der Waals surface area contributed by atoms with Gasteiger partial charge in [0.2, 0.25) is 0 Å². The number of aliphatic imine (C=N–C) groups is 1. The maximum Gasteiger partial charge on any atom is 0.335 e. The summed E-state index contributed by atoms with van der Waals surface area (Å²) in [4.78, 5) is 15.3. The third-order valence-corrected chi connectivity index (χ3v) is 3.90. The van der Waals surface area contributed by atoms with Crippen LogP contribution in [0.2, 0.25) is 0 Å². The molecule has 0 unspecified atom stereocenters. The minimum Gasteiger partial charge on any atom is -0.493 e. The number of ether oxygens (including phenoxy) is 2. The van der Waals surface area contributed by atoms with Gasteiger partial charge in [0.05, 0.1) is 18.4 Å². The van der Waals surface area contributed by atoms with E-state index < -0.39 is 5.97 Å². The highest BCUT2D eigenvalue weighted by Gasteiger charge is 2.07. The Hall–Kier alpha value is -3.60. The Bertz CT molecular complexity index is 934. The molecule has 0 saturated carbocycles. The van der Waals surface area contributed by atoms with Gasteiger partial charge in [-0.2, -0.15) is 0 Å². The lowest BCUT2D eigenvalue weighted by molar-refractivity contribution is 0.0697. The monoisotopic (exact) mass is 361 g/mol. The Morgan fingerprint density at radius 3 is 2.41 bits per heavy atom. The molecule has 0 fully saturated rings. The molecule has 5 nitrogen and oxygen atoms in total. The highest BCUT2D eigenvalue weighted by atomic mass is 16.5. The molecule has 3 aromatic rings. The zero-order valence-corrected chi connectivity index (χ0v) is 14.8. The van der Waals surface area contributed by atoms with Gasteiger partial charge in [0.15, 0.2) is 11.5 Å². The Kier molecular flexibility index (Phi) is 5.84. The van der Waals surface area contributed by atoms with Gasteiger partial charge in [-0.25, -0.2) is 4.79 Å². The van der Waals surface area contributed by atoms with Gasteiger partial charge in [0.25, 0.3) is 0 Å². The van der Waals surface area contributed by atoms with Gasteiger partial charge < -0.3 is 14.6 Å². The lowest BCUT2D eigenvalue weighted by atomic mass is 10.1. The highest BCUT2D eigenvalue weighted by molar-refractivity contribution is 5.87. The number of methoxy groups -OCH3 is 1. The standard InChI is InChI=1S/C22H19NO4/c1-26-21-13-17(14-23-19-5-3-2-4-6-19)9-12-20(21)27-15-16-7-10-18(11-8-16)22(24)25/h2-14H,15H2,1H3,(H,24,25). The van der Waals surface area contributed by atoms with Crippen molar-refractivity contribution in [1.82, 2.24) is 0 Å².